The van der Waals surface area contributed by atoms with E-state index < -0.39 is 0 Å². The van der Waals surface area contributed by atoms with Crippen LogP contribution in [0.25, 0.3) is 41.7 Å². The molecule has 4 aromatic carbocycles. The normalized spacial score (nSPS) is 12.0. The van der Waals surface area contributed by atoms with E-state index in [2.05, 4.69) is 66.7 Å². The van der Waals surface area contributed by atoms with Crippen LogP contribution in [-0.2, 0) is 0 Å². The first kappa shape index (κ1) is 15.4. The van der Waals surface area contributed by atoms with Crippen LogP contribution in [0.3, 0.4) is 0 Å². The lowest BCUT2D eigenvalue weighted by Crippen LogP contribution is -1.94. The van der Waals surface area contributed by atoms with Crippen molar-refractivity contribution in [3.8, 4) is 5.75 Å². The van der Waals surface area contributed by atoms with Crippen molar-refractivity contribution < 1.29 is 4.74 Å². The predicted molar refractivity (Wildman–Crippen MR) is 115 cm³/mol. The van der Waals surface area contributed by atoms with Gasteiger partial charge in [-0.05, 0) is 35.2 Å². The predicted octanol–water partition coefficient (Wildman–Crippen LogP) is 7.32. The minimum absolute atomic E-state index is 0.594. The zero-order chi connectivity index (χ0) is 17.5. The maximum atomic E-state index is 6.09. The molecule has 1 nitrogen and oxygen atoms in total. The number of rotatable bonds is 3. The summed E-state index contributed by atoms with van der Waals surface area (Å²) < 4.78 is 8.76. The fraction of sp³-hybridized carbons (Fsp3) is 0.0833. The van der Waals surface area contributed by atoms with Crippen molar-refractivity contribution in [1.82, 2.24) is 0 Å². The summed E-state index contributed by atoms with van der Waals surface area (Å²) in [5.41, 5.74) is 0. The molecule has 0 spiro atoms. The van der Waals surface area contributed by atoms with Crippen molar-refractivity contribution in [1.29, 1.82) is 0 Å². The zero-order valence-corrected chi connectivity index (χ0v) is 15.3. The molecule has 2 heteroatoms. The van der Waals surface area contributed by atoms with E-state index in [0.717, 1.165) is 5.75 Å². The van der Waals surface area contributed by atoms with Crippen LogP contribution in [-0.4, -0.2) is 6.61 Å². The Balaban J connectivity index is 1.90. The van der Waals surface area contributed by atoms with E-state index >= 15 is 0 Å². The highest BCUT2D eigenvalue weighted by Gasteiger charge is 2.14. The van der Waals surface area contributed by atoms with Gasteiger partial charge in [-0.2, -0.15) is 0 Å². The molecule has 0 radical (unpaired) electrons. The minimum Gasteiger partial charge on any atom is -0.489 e. The second-order valence-electron chi connectivity index (χ2n) is 6.44. The Hall–Kier alpha value is -2.84. The van der Waals surface area contributed by atoms with Crippen molar-refractivity contribution in [2.45, 2.75) is 6.92 Å². The molecule has 0 unspecified atom stereocenters. The van der Waals surface area contributed by atoms with E-state index in [4.69, 9.17) is 4.74 Å². The Morgan fingerprint density at radius 2 is 1.65 bits per heavy atom. The number of allylic oxidation sites excluding steroid dienone is 1. The second kappa shape index (κ2) is 6.15. The van der Waals surface area contributed by atoms with Gasteiger partial charge in [0, 0.05) is 25.6 Å². The summed E-state index contributed by atoms with van der Waals surface area (Å²) in [7, 11) is 0. The molecular weight excluding hydrogens is 336 g/mol. The Kier molecular flexibility index (Phi) is 3.65. The molecule has 5 rings (SSSR count). The largest absolute Gasteiger partial charge is 0.489 e. The molecule has 0 atom stereocenters. The summed E-state index contributed by atoms with van der Waals surface area (Å²) in [6, 6.07) is 23.9. The first-order valence-electron chi connectivity index (χ1n) is 8.86. The van der Waals surface area contributed by atoms with Gasteiger partial charge in [0.1, 0.15) is 12.4 Å². The Morgan fingerprint density at radius 3 is 2.58 bits per heavy atom. The van der Waals surface area contributed by atoms with Crippen molar-refractivity contribution in [3.05, 3.63) is 78.9 Å². The average Bonchev–Trinajstić information content (AvgIpc) is 3.07. The number of hydrogen-bond donors (Lipinski definition) is 0. The summed E-state index contributed by atoms with van der Waals surface area (Å²) in [5, 5.41) is 7.69. The van der Waals surface area contributed by atoms with Gasteiger partial charge in [-0.1, -0.05) is 66.7 Å². The number of thiophene rings is 1. The van der Waals surface area contributed by atoms with Gasteiger partial charge in [0.2, 0.25) is 0 Å². The summed E-state index contributed by atoms with van der Waals surface area (Å²) in [4.78, 5) is 0. The lowest BCUT2D eigenvalue weighted by Gasteiger charge is -2.09. The van der Waals surface area contributed by atoms with Gasteiger partial charge < -0.3 is 4.74 Å². The second-order valence-corrected chi connectivity index (χ2v) is 7.49. The lowest BCUT2D eigenvalue weighted by molar-refractivity contribution is 0.367. The van der Waals surface area contributed by atoms with Gasteiger partial charge in [0.25, 0.3) is 0 Å². The van der Waals surface area contributed by atoms with Gasteiger partial charge in [-0.15, -0.1) is 11.3 Å². The lowest BCUT2D eigenvalue weighted by atomic mass is 10.0. The molecule has 0 aliphatic rings. The first-order valence-corrected chi connectivity index (χ1v) is 9.68. The van der Waals surface area contributed by atoms with Crippen molar-refractivity contribution in [2.75, 3.05) is 6.61 Å². The number of hydrogen-bond acceptors (Lipinski definition) is 2. The topological polar surface area (TPSA) is 9.23 Å². The van der Waals surface area contributed by atoms with Crippen LogP contribution >= 0.6 is 11.3 Å². The van der Waals surface area contributed by atoms with E-state index in [1.54, 1.807) is 0 Å². The number of ether oxygens (including phenoxy) is 1. The highest BCUT2D eigenvalue weighted by Crippen LogP contribution is 2.44. The highest BCUT2D eigenvalue weighted by molar-refractivity contribution is 7.26. The third-order valence-corrected chi connectivity index (χ3v) is 6.10. The molecule has 0 fully saturated rings. The van der Waals surface area contributed by atoms with Gasteiger partial charge in [-0.3, -0.25) is 0 Å². The molecule has 0 saturated heterocycles. The Morgan fingerprint density at radius 1 is 0.808 bits per heavy atom. The first-order chi connectivity index (χ1) is 12.9. The fourth-order valence-electron chi connectivity index (χ4n) is 3.69. The number of benzene rings is 4. The summed E-state index contributed by atoms with van der Waals surface area (Å²) >= 11 is 1.87. The van der Waals surface area contributed by atoms with Crippen LogP contribution < -0.4 is 4.74 Å². The van der Waals surface area contributed by atoms with Crippen LogP contribution in [0.5, 0.6) is 5.75 Å². The monoisotopic (exact) mass is 354 g/mol. The summed E-state index contributed by atoms with van der Waals surface area (Å²) in [5.74, 6) is 0.957. The molecule has 0 bridgehead atoms. The quantitative estimate of drug-likeness (QED) is 0.308. The van der Waals surface area contributed by atoms with E-state index in [1.165, 1.54) is 41.7 Å². The maximum absolute atomic E-state index is 6.09. The van der Waals surface area contributed by atoms with Gasteiger partial charge in [0.05, 0.1) is 0 Å². The summed E-state index contributed by atoms with van der Waals surface area (Å²) in [6.07, 6.45) is 4.06. The minimum atomic E-state index is 0.594. The van der Waals surface area contributed by atoms with Crippen LogP contribution in [0, 0.1) is 0 Å². The van der Waals surface area contributed by atoms with E-state index in [-0.39, 0.29) is 0 Å². The number of fused-ring (bicyclic) bond motifs is 7. The molecule has 0 saturated carbocycles. The third kappa shape index (κ3) is 2.30. The van der Waals surface area contributed by atoms with Crippen LogP contribution in [0.1, 0.15) is 6.92 Å². The molecule has 1 aromatic heterocycles. The van der Waals surface area contributed by atoms with Crippen LogP contribution in [0.2, 0.25) is 0 Å². The molecule has 5 aromatic rings. The molecule has 26 heavy (non-hydrogen) atoms. The standard InChI is InChI=1S/C24H18OS/c1-2-3-15-25-20-10-6-8-17-12-14-21-23(22(17)20)19-13-11-16-7-4-5-9-18(16)24(19)26-21/h2-14H,15H2,1H3. The molecule has 0 amide bonds. The molecule has 126 valence electrons. The van der Waals surface area contributed by atoms with Crippen LogP contribution in [0.4, 0.5) is 0 Å². The summed E-state index contributed by atoms with van der Waals surface area (Å²) in [6.45, 7) is 2.61. The van der Waals surface area contributed by atoms with Gasteiger partial charge in [-0.25, -0.2) is 0 Å². The van der Waals surface area contributed by atoms with E-state index in [9.17, 15) is 0 Å². The van der Waals surface area contributed by atoms with E-state index in [1.807, 2.05) is 30.4 Å². The van der Waals surface area contributed by atoms with Gasteiger partial charge in [0.15, 0.2) is 0 Å². The maximum Gasteiger partial charge on any atom is 0.128 e. The average molecular weight is 354 g/mol. The molecular formula is C24H18OS. The Labute approximate surface area is 156 Å². The fourth-order valence-corrected chi connectivity index (χ4v) is 4.94. The molecule has 0 N–H and O–H groups in total. The SMILES string of the molecule is CC=CCOc1cccc2ccc3sc4c5ccccc5ccc4c3c12. The van der Waals surface area contributed by atoms with Gasteiger partial charge >= 0.3 is 0 Å². The molecule has 0 aliphatic carbocycles. The van der Waals surface area contributed by atoms with Crippen molar-refractivity contribution in [3.63, 3.8) is 0 Å². The van der Waals surface area contributed by atoms with Crippen molar-refractivity contribution in [2.24, 2.45) is 0 Å². The molecule has 0 aliphatic heterocycles. The van der Waals surface area contributed by atoms with Crippen LogP contribution in [0.15, 0.2) is 78.9 Å². The van der Waals surface area contributed by atoms with Crippen molar-refractivity contribution >= 4 is 53.1 Å². The Bertz CT molecular complexity index is 1290. The van der Waals surface area contributed by atoms with E-state index in [0.29, 0.717) is 6.61 Å². The zero-order valence-electron chi connectivity index (χ0n) is 14.5. The highest BCUT2D eigenvalue weighted by atomic mass is 32.1. The third-order valence-electron chi connectivity index (χ3n) is 4.90. The smallest absolute Gasteiger partial charge is 0.128 e. The molecule has 1 heterocycles.